The number of carbonyl (C=O) groups excluding carboxylic acids is 2. The molecule has 2 aromatic rings. The molecule has 6 heteroatoms. The Morgan fingerprint density at radius 3 is 2.91 bits per heavy atom. The van der Waals surface area contributed by atoms with E-state index in [1.54, 1.807) is 18.0 Å². The van der Waals surface area contributed by atoms with Crippen LogP contribution in [0.25, 0.3) is 10.9 Å². The first-order valence-corrected chi connectivity index (χ1v) is 7.54. The van der Waals surface area contributed by atoms with Crippen LogP contribution in [0.15, 0.2) is 36.5 Å². The van der Waals surface area contributed by atoms with Crippen molar-refractivity contribution in [2.24, 2.45) is 0 Å². The number of para-hydroxylation sites is 1. The summed E-state index contributed by atoms with van der Waals surface area (Å²) >= 11 is 0. The maximum absolute atomic E-state index is 12.6. The quantitative estimate of drug-likeness (QED) is 0.918. The zero-order valence-corrected chi connectivity index (χ0v) is 13.2. The molecule has 120 valence electrons. The van der Waals surface area contributed by atoms with Crippen molar-refractivity contribution in [1.82, 2.24) is 9.88 Å². The van der Waals surface area contributed by atoms with E-state index < -0.39 is 5.60 Å². The van der Waals surface area contributed by atoms with Crippen LogP contribution in [-0.4, -0.2) is 47.0 Å². The molecular formula is C17H19N3O3. The van der Waals surface area contributed by atoms with Gasteiger partial charge in [-0.25, -0.2) is 0 Å². The molecule has 1 aliphatic rings. The molecule has 0 radical (unpaired) electrons. The Kier molecular flexibility index (Phi) is 4.00. The Hall–Kier alpha value is -2.47. The van der Waals surface area contributed by atoms with Gasteiger partial charge in [0.15, 0.2) is 5.60 Å². The predicted octanol–water partition coefficient (Wildman–Crippen LogP) is 1.81. The molecule has 2 amide bonds. The van der Waals surface area contributed by atoms with Crippen molar-refractivity contribution in [1.29, 1.82) is 0 Å². The Labute approximate surface area is 134 Å². The Morgan fingerprint density at radius 1 is 1.35 bits per heavy atom. The highest BCUT2D eigenvalue weighted by Crippen LogP contribution is 2.22. The molecular weight excluding hydrogens is 294 g/mol. The summed E-state index contributed by atoms with van der Waals surface area (Å²) in [5.74, 6) is -0.333. The number of nitrogens with zero attached hydrogens (tertiary/aromatic N) is 2. The van der Waals surface area contributed by atoms with E-state index in [-0.39, 0.29) is 18.4 Å². The first-order valence-electron chi connectivity index (χ1n) is 7.54. The molecule has 0 bridgehead atoms. The smallest absolute Gasteiger partial charge is 0.258 e. The third kappa shape index (κ3) is 3.17. The van der Waals surface area contributed by atoms with Gasteiger partial charge < -0.3 is 15.0 Å². The van der Waals surface area contributed by atoms with Crippen LogP contribution >= 0.6 is 0 Å². The zero-order valence-electron chi connectivity index (χ0n) is 13.2. The number of hydrogen-bond acceptors (Lipinski definition) is 4. The van der Waals surface area contributed by atoms with E-state index in [1.165, 1.54) is 6.92 Å². The minimum atomic E-state index is -1.06. The summed E-state index contributed by atoms with van der Waals surface area (Å²) in [6.07, 6.45) is 1.62. The third-order valence-corrected chi connectivity index (χ3v) is 4.05. The number of rotatable bonds is 2. The highest BCUT2D eigenvalue weighted by Gasteiger charge is 2.40. The van der Waals surface area contributed by atoms with Gasteiger partial charge in [0.2, 0.25) is 5.91 Å². The van der Waals surface area contributed by atoms with Gasteiger partial charge in [-0.1, -0.05) is 18.2 Å². The fourth-order valence-corrected chi connectivity index (χ4v) is 2.68. The van der Waals surface area contributed by atoms with Gasteiger partial charge in [-0.05, 0) is 19.1 Å². The van der Waals surface area contributed by atoms with Crippen LogP contribution in [0, 0.1) is 0 Å². The second-order valence-corrected chi connectivity index (χ2v) is 5.89. The van der Waals surface area contributed by atoms with Crippen molar-refractivity contribution in [3.05, 3.63) is 36.5 Å². The number of amides is 2. The molecule has 1 aromatic carbocycles. The topological polar surface area (TPSA) is 71.5 Å². The molecule has 6 nitrogen and oxygen atoms in total. The second-order valence-electron chi connectivity index (χ2n) is 5.89. The summed E-state index contributed by atoms with van der Waals surface area (Å²) in [7, 11) is 0. The van der Waals surface area contributed by atoms with Gasteiger partial charge in [0.05, 0.1) is 30.6 Å². The number of aromatic nitrogens is 1. The van der Waals surface area contributed by atoms with Crippen molar-refractivity contribution in [3.63, 3.8) is 0 Å². The lowest BCUT2D eigenvalue weighted by atomic mass is 10.0. The molecule has 1 atom stereocenters. The van der Waals surface area contributed by atoms with E-state index in [9.17, 15) is 9.59 Å². The molecule has 3 rings (SSSR count). The van der Waals surface area contributed by atoms with Crippen LogP contribution < -0.4 is 5.32 Å². The number of morpholine rings is 1. The van der Waals surface area contributed by atoms with Crippen molar-refractivity contribution in [2.75, 3.05) is 25.0 Å². The van der Waals surface area contributed by atoms with Crippen molar-refractivity contribution in [2.45, 2.75) is 19.4 Å². The summed E-state index contributed by atoms with van der Waals surface area (Å²) in [4.78, 5) is 30.1. The van der Waals surface area contributed by atoms with E-state index >= 15 is 0 Å². The van der Waals surface area contributed by atoms with Crippen LogP contribution in [-0.2, 0) is 14.3 Å². The minimum absolute atomic E-state index is 0.0558. The standard InChI is InChI=1S/C17H19N3O3/c1-12(21)20-7-8-23-17(2,11-20)16(22)19-14-9-13-5-3-4-6-15(13)18-10-14/h3-6,9-10H,7-8,11H2,1-2H3,(H,19,22)/t17-/m0/s1. The zero-order chi connectivity index (χ0) is 16.4. The van der Waals surface area contributed by atoms with Crippen molar-refractivity contribution < 1.29 is 14.3 Å². The number of anilines is 1. The molecule has 1 N–H and O–H groups in total. The van der Waals surface area contributed by atoms with Gasteiger partial charge >= 0.3 is 0 Å². The molecule has 0 saturated carbocycles. The lowest BCUT2D eigenvalue weighted by Crippen LogP contribution is -2.57. The van der Waals surface area contributed by atoms with Gasteiger partial charge in [-0.15, -0.1) is 0 Å². The Balaban J connectivity index is 1.78. The van der Waals surface area contributed by atoms with Crippen LogP contribution in [0.4, 0.5) is 5.69 Å². The first kappa shape index (κ1) is 15.4. The van der Waals surface area contributed by atoms with Gasteiger partial charge in [-0.3, -0.25) is 14.6 Å². The van der Waals surface area contributed by atoms with Crippen molar-refractivity contribution >= 4 is 28.4 Å². The largest absolute Gasteiger partial charge is 0.362 e. The van der Waals surface area contributed by atoms with E-state index in [2.05, 4.69) is 10.3 Å². The molecule has 1 aliphatic heterocycles. The average Bonchev–Trinajstić information content (AvgIpc) is 2.54. The average molecular weight is 313 g/mol. The molecule has 1 saturated heterocycles. The van der Waals surface area contributed by atoms with Gasteiger partial charge in [0.25, 0.3) is 5.91 Å². The number of pyridine rings is 1. The van der Waals surface area contributed by atoms with Crippen LogP contribution in [0.1, 0.15) is 13.8 Å². The lowest BCUT2D eigenvalue weighted by Gasteiger charge is -2.38. The molecule has 2 heterocycles. The van der Waals surface area contributed by atoms with Crippen LogP contribution in [0.2, 0.25) is 0 Å². The predicted molar refractivity (Wildman–Crippen MR) is 87.0 cm³/mol. The molecule has 0 aliphatic carbocycles. The van der Waals surface area contributed by atoms with Gasteiger partial charge in [-0.2, -0.15) is 0 Å². The van der Waals surface area contributed by atoms with E-state index in [0.717, 1.165) is 10.9 Å². The van der Waals surface area contributed by atoms with Gasteiger partial charge in [0.1, 0.15) is 0 Å². The number of nitrogens with one attached hydrogen (secondary N) is 1. The van der Waals surface area contributed by atoms with E-state index in [0.29, 0.717) is 18.8 Å². The second kappa shape index (κ2) is 5.96. The number of benzene rings is 1. The summed E-state index contributed by atoms with van der Waals surface area (Å²) < 4.78 is 5.64. The van der Waals surface area contributed by atoms with Gasteiger partial charge in [0, 0.05) is 18.9 Å². The van der Waals surface area contributed by atoms with Crippen LogP contribution in [0.3, 0.4) is 0 Å². The molecule has 0 spiro atoms. The lowest BCUT2D eigenvalue weighted by molar-refractivity contribution is -0.158. The number of fused-ring (bicyclic) bond motifs is 1. The number of carbonyl (C=O) groups is 2. The summed E-state index contributed by atoms with van der Waals surface area (Å²) in [5, 5.41) is 3.79. The summed E-state index contributed by atoms with van der Waals surface area (Å²) in [6, 6.07) is 9.56. The van der Waals surface area contributed by atoms with E-state index in [4.69, 9.17) is 4.74 Å². The Morgan fingerprint density at radius 2 is 2.13 bits per heavy atom. The highest BCUT2D eigenvalue weighted by atomic mass is 16.5. The first-order chi connectivity index (χ1) is 11.0. The SMILES string of the molecule is CC(=O)N1CCO[C@](C)(C(=O)Nc2cnc3ccccc3c2)C1. The molecule has 0 unspecified atom stereocenters. The fourth-order valence-electron chi connectivity index (χ4n) is 2.68. The maximum Gasteiger partial charge on any atom is 0.258 e. The normalized spacial score (nSPS) is 21.2. The van der Waals surface area contributed by atoms with E-state index in [1.807, 2.05) is 30.3 Å². The minimum Gasteiger partial charge on any atom is -0.362 e. The summed E-state index contributed by atoms with van der Waals surface area (Å²) in [6.45, 7) is 4.30. The molecule has 1 fully saturated rings. The maximum atomic E-state index is 12.6. The monoisotopic (exact) mass is 313 g/mol. The molecule has 23 heavy (non-hydrogen) atoms. The number of ether oxygens (including phenoxy) is 1. The third-order valence-electron chi connectivity index (χ3n) is 4.05. The molecule has 1 aromatic heterocycles. The summed E-state index contributed by atoms with van der Waals surface area (Å²) in [5.41, 5.74) is 0.419. The van der Waals surface area contributed by atoms with Crippen LogP contribution in [0.5, 0.6) is 0 Å². The number of hydrogen-bond donors (Lipinski definition) is 1. The fraction of sp³-hybridized carbons (Fsp3) is 0.353. The Bertz CT molecular complexity index is 762. The van der Waals surface area contributed by atoms with Crippen molar-refractivity contribution in [3.8, 4) is 0 Å². The highest BCUT2D eigenvalue weighted by molar-refractivity contribution is 5.98.